The molecule has 0 aliphatic carbocycles. The van der Waals surface area contributed by atoms with Crippen molar-refractivity contribution in [3.63, 3.8) is 0 Å². The van der Waals surface area contributed by atoms with Gasteiger partial charge in [-0.3, -0.25) is 14.4 Å². The van der Waals surface area contributed by atoms with E-state index in [1.807, 2.05) is 30.3 Å². The Bertz CT molecular complexity index is 1260. The van der Waals surface area contributed by atoms with E-state index in [4.69, 9.17) is 10.5 Å². The topological polar surface area (TPSA) is 105 Å². The Balaban J connectivity index is 1.64. The van der Waals surface area contributed by atoms with Crippen LogP contribution in [0.3, 0.4) is 0 Å². The van der Waals surface area contributed by atoms with Crippen LogP contribution in [0.1, 0.15) is 38.3 Å². The van der Waals surface area contributed by atoms with Gasteiger partial charge in [-0.25, -0.2) is 4.39 Å². The molecule has 0 bridgehead atoms. The summed E-state index contributed by atoms with van der Waals surface area (Å²) in [6.45, 7) is 5.71. The summed E-state index contributed by atoms with van der Waals surface area (Å²) in [5.41, 5.74) is 6.29. The molecule has 208 valence electrons. The quantitative estimate of drug-likeness (QED) is 0.513. The fraction of sp³-hybridized carbons (Fsp3) is 0.433. The Labute approximate surface area is 229 Å². The monoisotopic (exact) mass is 536 g/mol. The molecular weight excluding hydrogens is 499 g/mol. The second-order valence-electron chi connectivity index (χ2n) is 11.0. The predicted molar refractivity (Wildman–Crippen MR) is 146 cm³/mol. The Kier molecular flexibility index (Phi) is 8.11. The first kappa shape index (κ1) is 28.3. The number of aryl methyl sites for hydroxylation is 1. The summed E-state index contributed by atoms with van der Waals surface area (Å²) >= 11 is 0. The molecule has 1 fully saturated rings. The average Bonchev–Trinajstić information content (AvgIpc) is 3.12. The first-order valence-corrected chi connectivity index (χ1v) is 13.2. The third kappa shape index (κ3) is 5.83. The van der Waals surface area contributed by atoms with Crippen molar-refractivity contribution in [3.05, 3.63) is 82.9 Å². The fourth-order valence-corrected chi connectivity index (χ4v) is 5.53. The summed E-state index contributed by atoms with van der Waals surface area (Å²) in [6.07, 6.45) is 1.32. The molecule has 2 aromatic carbocycles. The van der Waals surface area contributed by atoms with Crippen molar-refractivity contribution in [1.29, 1.82) is 0 Å². The molecular formula is C30H37FN4O4. The van der Waals surface area contributed by atoms with Crippen molar-refractivity contribution < 1.29 is 23.5 Å². The summed E-state index contributed by atoms with van der Waals surface area (Å²) in [6, 6.07) is 15.1. The average molecular weight is 537 g/mol. The summed E-state index contributed by atoms with van der Waals surface area (Å²) in [5.74, 6) is -0.649. The normalized spacial score (nSPS) is 20.1. The van der Waals surface area contributed by atoms with Crippen molar-refractivity contribution in [2.75, 3.05) is 26.7 Å². The van der Waals surface area contributed by atoms with Gasteiger partial charge in [-0.05, 0) is 56.9 Å². The molecule has 0 aromatic heterocycles. The number of hydrogen-bond donors (Lipinski definition) is 2. The second kappa shape index (κ2) is 11.2. The van der Waals surface area contributed by atoms with Gasteiger partial charge in [0.05, 0.1) is 24.8 Å². The third-order valence-corrected chi connectivity index (χ3v) is 7.57. The van der Waals surface area contributed by atoms with E-state index in [1.54, 1.807) is 42.7 Å². The van der Waals surface area contributed by atoms with E-state index in [-0.39, 0.29) is 24.2 Å². The molecule has 1 saturated heterocycles. The highest BCUT2D eigenvalue weighted by Gasteiger charge is 2.55. The van der Waals surface area contributed by atoms with Crippen LogP contribution in [0.2, 0.25) is 0 Å². The van der Waals surface area contributed by atoms with E-state index < -0.39 is 23.0 Å². The zero-order chi connectivity index (χ0) is 28.4. The zero-order valence-corrected chi connectivity index (χ0v) is 23.0. The number of carbonyl (C=O) groups is 3. The standard InChI is InChI=1S/C30H37FN4O4/c1-20-25(39-4)30(18-22-10-13-23(31)14-11-22)19-34(16-17-35(30)26(20)36)27(37)24(33-28(38)29(2,3)32)15-12-21-8-6-5-7-9-21/h5-11,13-14,24H,12,15-19,32H2,1-4H3,(H,33,38)/t24-,30+/m1/s1. The van der Waals surface area contributed by atoms with E-state index in [0.29, 0.717) is 43.7 Å². The Hall–Kier alpha value is -3.72. The van der Waals surface area contributed by atoms with Crippen molar-refractivity contribution in [2.24, 2.45) is 5.73 Å². The summed E-state index contributed by atoms with van der Waals surface area (Å²) in [4.78, 5) is 43.6. The van der Waals surface area contributed by atoms with Crippen LogP contribution in [0.15, 0.2) is 65.9 Å². The Morgan fingerprint density at radius 3 is 2.38 bits per heavy atom. The number of amides is 3. The number of piperazine rings is 1. The first-order chi connectivity index (χ1) is 18.5. The summed E-state index contributed by atoms with van der Waals surface area (Å²) < 4.78 is 19.4. The minimum atomic E-state index is -1.16. The largest absolute Gasteiger partial charge is 0.498 e. The molecule has 39 heavy (non-hydrogen) atoms. The van der Waals surface area contributed by atoms with Gasteiger partial charge in [0, 0.05) is 19.5 Å². The lowest BCUT2D eigenvalue weighted by Crippen LogP contribution is -2.66. The summed E-state index contributed by atoms with van der Waals surface area (Å²) in [7, 11) is 1.52. The van der Waals surface area contributed by atoms with E-state index >= 15 is 0 Å². The second-order valence-corrected chi connectivity index (χ2v) is 11.0. The number of ether oxygens (including phenoxy) is 1. The molecule has 4 rings (SSSR count). The maximum absolute atomic E-state index is 14.0. The van der Waals surface area contributed by atoms with Crippen molar-refractivity contribution in [3.8, 4) is 0 Å². The lowest BCUT2D eigenvalue weighted by molar-refractivity contribution is -0.146. The number of methoxy groups -OCH3 is 1. The fourth-order valence-electron chi connectivity index (χ4n) is 5.53. The number of carbonyl (C=O) groups excluding carboxylic acids is 3. The molecule has 0 spiro atoms. The molecule has 3 amide bonds. The molecule has 8 nitrogen and oxygen atoms in total. The minimum absolute atomic E-state index is 0.139. The van der Waals surface area contributed by atoms with E-state index in [0.717, 1.165) is 11.1 Å². The van der Waals surface area contributed by atoms with E-state index in [1.165, 1.54) is 19.2 Å². The number of rotatable bonds is 9. The Morgan fingerprint density at radius 1 is 1.10 bits per heavy atom. The molecule has 2 atom stereocenters. The molecule has 9 heteroatoms. The van der Waals surface area contributed by atoms with Crippen LogP contribution in [0, 0.1) is 5.82 Å². The van der Waals surface area contributed by atoms with Gasteiger partial charge in [0.25, 0.3) is 5.91 Å². The number of halogens is 1. The van der Waals surface area contributed by atoms with E-state index in [2.05, 4.69) is 5.32 Å². The number of nitrogens with one attached hydrogen (secondary N) is 1. The van der Waals surface area contributed by atoms with Gasteiger partial charge in [0.15, 0.2) is 0 Å². The van der Waals surface area contributed by atoms with Gasteiger partial charge in [-0.2, -0.15) is 0 Å². The number of benzene rings is 2. The molecule has 2 aromatic rings. The third-order valence-electron chi connectivity index (χ3n) is 7.57. The number of nitrogens with zero attached hydrogens (tertiary/aromatic N) is 2. The highest BCUT2D eigenvalue weighted by molar-refractivity contribution is 5.98. The van der Waals surface area contributed by atoms with Crippen molar-refractivity contribution >= 4 is 17.7 Å². The lowest BCUT2D eigenvalue weighted by Gasteiger charge is -2.48. The van der Waals surface area contributed by atoms with Gasteiger partial charge in [0.1, 0.15) is 23.2 Å². The SMILES string of the molecule is COC1=C(C)C(=O)N2CCN(C(=O)[C@@H](CCc3ccccc3)NC(=O)C(C)(C)N)C[C@@]12Cc1ccc(F)cc1. The van der Waals surface area contributed by atoms with Crippen LogP contribution < -0.4 is 11.1 Å². The van der Waals surface area contributed by atoms with Crippen molar-refractivity contribution in [1.82, 2.24) is 15.1 Å². The molecule has 0 radical (unpaired) electrons. The smallest absolute Gasteiger partial charge is 0.253 e. The van der Waals surface area contributed by atoms with Gasteiger partial charge in [0.2, 0.25) is 11.8 Å². The molecule has 0 saturated carbocycles. The number of hydrogen-bond acceptors (Lipinski definition) is 5. The van der Waals surface area contributed by atoms with E-state index in [9.17, 15) is 18.8 Å². The highest BCUT2D eigenvalue weighted by atomic mass is 19.1. The zero-order valence-electron chi connectivity index (χ0n) is 23.0. The first-order valence-electron chi connectivity index (χ1n) is 13.2. The van der Waals surface area contributed by atoms with Crippen molar-refractivity contribution in [2.45, 2.75) is 57.2 Å². The molecule has 2 heterocycles. The molecule has 3 N–H and O–H groups in total. The van der Waals surface area contributed by atoms with Crippen LogP contribution in [-0.2, 0) is 32.0 Å². The molecule has 0 unspecified atom stereocenters. The predicted octanol–water partition coefficient (Wildman–Crippen LogP) is 2.57. The van der Waals surface area contributed by atoms with Crippen LogP contribution in [-0.4, -0.2) is 71.4 Å². The van der Waals surface area contributed by atoms with Gasteiger partial charge >= 0.3 is 0 Å². The maximum Gasteiger partial charge on any atom is 0.253 e. The van der Waals surface area contributed by atoms with Crippen LogP contribution in [0.25, 0.3) is 0 Å². The van der Waals surface area contributed by atoms with Gasteiger partial charge < -0.3 is 25.6 Å². The Morgan fingerprint density at radius 2 is 1.77 bits per heavy atom. The lowest BCUT2D eigenvalue weighted by atomic mass is 9.85. The number of nitrogens with two attached hydrogens (primary N) is 1. The van der Waals surface area contributed by atoms with Crippen LogP contribution >= 0.6 is 0 Å². The van der Waals surface area contributed by atoms with Gasteiger partial charge in [-0.1, -0.05) is 42.5 Å². The minimum Gasteiger partial charge on any atom is -0.498 e. The number of fused-ring (bicyclic) bond motifs is 1. The van der Waals surface area contributed by atoms with Gasteiger partial charge in [-0.15, -0.1) is 0 Å². The maximum atomic E-state index is 14.0. The highest BCUT2D eigenvalue weighted by Crippen LogP contribution is 2.41. The molecule has 2 aliphatic rings. The molecule has 2 aliphatic heterocycles. The van der Waals surface area contributed by atoms with Crippen LogP contribution in [0.5, 0.6) is 0 Å². The summed E-state index contributed by atoms with van der Waals surface area (Å²) in [5, 5.41) is 2.87. The van der Waals surface area contributed by atoms with Crippen LogP contribution in [0.4, 0.5) is 4.39 Å².